The average molecular weight is 794 g/mol. The summed E-state index contributed by atoms with van der Waals surface area (Å²) in [6, 6.07) is -4.23. The molecule has 0 bridgehead atoms. The molecule has 5 rings (SSSR count). The monoisotopic (exact) mass is 793 g/mol. The van der Waals surface area contributed by atoms with E-state index in [1.165, 1.54) is 15.7 Å². The van der Waals surface area contributed by atoms with Crippen LogP contribution in [0, 0.1) is 27.1 Å². The normalized spacial score (nSPS) is 26.5. The summed E-state index contributed by atoms with van der Waals surface area (Å²) in [4.78, 5) is 70.8. The number of hydrogen-bond donors (Lipinski definition) is 4. The molecule has 5 amide bonds. The molecule has 0 aromatic heterocycles. The smallest absolute Gasteiger partial charge is 0.315 e. The van der Waals surface area contributed by atoms with Gasteiger partial charge >= 0.3 is 6.03 Å². The van der Waals surface area contributed by atoms with E-state index in [1.54, 1.807) is 4.90 Å². The highest BCUT2D eigenvalue weighted by molar-refractivity contribution is 7.86. The molecular weight excluding hydrogens is 727 g/mol. The van der Waals surface area contributed by atoms with Gasteiger partial charge < -0.3 is 30.9 Å². The van der Waals surface area contributed by atoms with Gasteiger partial charge in [0.1, 0.15) is 12.1 Å². The fourth-order valence-corrected chi connectivity index (χ4v) is 10.9. The van der Waals surface area contributed by atoms with E-state index in [2.05, 4.69) is 35.1 Å². The summed E-state index contributed by atoms with van der Waals surface area (Å²) < 4.78 is 34.8. The van der Waals surface area contributed by atoms with E-state index in [0.29, 0.717) is 32.6 Å². The van der Waals surface area contributed by atoms with Crippen LogP contribution >= 0.6 is 0 Å². The second-order valence-corrected chi connectivity index (χ2v) is 21.5. The molecule has 0 radical (unpaired) electrons. The summed E-state index contributed by atoms with van der Waals surface area (Å²) in [6.07, 6.45) is 6.05. The number of Topliss-reactive ketones (excluding diaryl/α,β-unsaturated/α-hetero) is 1. The Kier molecular flexibility index (Phi) is 12.2. The van der Waals surface area contributed by atoms with Gasteiger partial charge in [-0.15, -0.1) is 0 Å². The van der Waals surface area contributed by atoms with Crippen LogP contribution in [-0.4, -0.2) is 128 Å². The predicted molar refractivity (Wildman–Crippen MR) is 208 cm³/mol. The van der Waals surface area contributed by atoms with E-state index < -0.39 is 74.7 Å². The van der Waals surface area contributed by atoms with Crippen molar-refractivity contribution in [2.75, 3.05) is 46.4 Å². The number of amides is 5. The maximum Gasteiger partial charge on any atom is 0.315 e. The third kappa shape index (κ3) is 8.29. The van der Waals surface area contributed by atoms with E-state index in [0.717, 1.165) is 32.1 Å². The first-order valence-electron chi connectivity index (χ1n) is 20.3. The Labute approximate surface area is 328 Å². The standard InChI is InChI=1S/C39H67N7O8S/c1-11-13-26(29(47)32(49)40-25-14-15-25)41-31(48)27-22-39(37(8,9)38(39)16-12-17-38)24-46(27)33(50)30(36(5,6)7)43-34(51)42-28(35(2,3)4)23-44(10)55(52,53)45-18-20-54-21-19-45/h25-28,30H,11-24H2,1-10H3,(H,40,49)(H,41,48)(H2,42,43,51)/t26?,27-,28+,30+,39+/m0/s1. The summed E-state index contributed by atoms with van der Waals surface area (Å²) in [5.74, 6) is -2.25. The van der Waals surface area contributed by atoms with Crippen LogP contribution < -0.4 is 21.3 Å². The van der Waals surface area contributed by atoms with Crippen molar-refractivity contribution in [2.24, 2.45) is 27.1 Å². The highest BCUT2D eigenvalue weighted by Gasteiger charge is 2.85. The van der Waals surface area contributed by atoms with Crippen LogP contribution in [0.15, 0.2) is 0 Å². The molecule has 16 heteroatoms. The van der Waals surface area contributed by atoms with E-state index in [1.807, 2.05) is 48.5 Å². The molecular formula is C39H67N7O8S. The van der Waals surface area contributed by atoms with Crippen molar-refractivity contribution in [1.29, 1.82) is 0 Å². The van der Waals surface area contributed by atoms with Crippen molar-refractivity contribution in [3.8, 4) is 0 Å². The first-order valence-corrected chi connectivity index (χ1v) is 21.6. The Bertz CT molecular complexity index is 1610. The zero-order chi connectivity index (χ0) is 40.9. The molecule has 5 aliphatic rings. The highest BCUT2D eigenvalue weighted by atomic mass is 32.2. The topological polar surface area (TPSA) is 187 Å². The fourth-order valence-electron chi connectivity index (χ4n) is 9.54. The van der Waals surface area contributed by atoms with Crippen molar-refractivity contribution in [3.05, 3.63) is 0 Å². The number of hydrogen-bond acceptors (Lipinski definition) is 8. The minimum Gasteiger partial charge on any atom is -0.379 e. The second kappa shape index (κ2) is 15.5. The van der Waals surface area contributed by atoms with Gasteiger partial charge in [-0.3, -0.25) is 19.2 Å². The summed E-state index contributed by atoms with van der Waals surface area (Å²) in [5.41, 5.74) is -1.76. The third-order valence-corrected chi connectivity index (χ3v) is 15.6. The van der Waals surface area contributed by atoms with Gasteiger partial charge in [-0.25, -0.2) is 4.79 Å². The first-order chi connectivity index (χ1) is 25.4. The average Bonchev–Trinajstić information content (AvgIpc) is 3.90. The van der Waals surface area contributed by atoms with Crippen LogP contribution in [0.5, 0.6) is 0 Å². The van der Waals surface area contributed by atoms with Gasteiger partial charge in [0, 0.05) is 50.7 Å². The lowest BCUT2D eigenvalue weighted by Crippen LogP contribution is -2.62. The molecule has 1 unspecified atom stereocenters. The van der Waals surface area contributed by atoms with E-state index in [-0.39, 0.29) is 48.3 Å². The van der Waals surface area contributed by atoms with Crippen LogP contribution in [0.1, 0.15) is 114 Å². The Morgan fingerprint density at radius 1 is 0.909 bits per heavy atom. The number of urea groups is 1. The Morgan fingerprint density at radius 3 is 2.02 bits per heavy atom. The van der Waals surface area contributed by atoms with E-state index in [4.69, 9.17) is 4.74 Å². The molecule has 2 saturated heterocycles. The van der Waals surface area contributed by atoms with Gasteiger partial charge in [0.25, 0.3) is 16.1 Å². The number of carbonyl (C=O) groups excluding carboxylic acids is 5. The minimum absolute atomic E-state index is 0.00484. The summed E-state index contributed by atoms with van der Waals surface area (Å²) in [6.45, 7) is 19.1. The summed E-state index contributed by atoms with van der Waals surface area (Å²) in [5, 5.41) is 11.5. The fraction of sp³-hybridized carbons (Fsp3) is 0.872. The second-order valence-electron chi connectivity index (χ2n) is 19.4. The molecule has 15 nitrogen and oxygen atoms in total. The Hall–Kier alpha value is -2.82. The van der Waals surface area contributed by atoms with Gasteiger partial charge in [-0.1, -0.05) is 75.2 Å². The lowest BCUT2D eigenvalue weighted by molar-refractivity contribution is -0.144. The number of nitrogens with one attached hydrogen (secondary N) is 4. The molecule has 2 spiro atoms. The molecule has 0 aromatic rings. The highest BCUT2D eigenvalue weighted by Crippen LogP contribution is 2.88. The van der Waals surface area contributed by atoms with E-state index in [9.17, 15) is 32.4 Å². The molecule has 2 aliphatic heterocycles. The molecule has 5 fully saturated rings. The van der Waals surface area contributed by atoms with Crippen LogP contribution in [0.3, 0.4) is 0 Å². The number of ketones is 1. The number of likely N-dealkylation sites (N-methyl/N-ethyl adjacent to an activating group) is 1. The minimum atomic E-state index is -3.81. The quantitative estimate of drug-likeness (QED) is 0.193. The van der Waals surface area contributed by atoms with Crippen molar-refractivity contribution < 1.29 is 37.1 Å². The van der Waals surface area contributed by atoms with Crippen molar-refractivity contribution in [2.45, 2.75) is 144 Å². The molecule has 55 heavy (non-hydrogen) atoms. The van der Waals surface area contributed by atoms with Crippen LogP contribution in [0.2, 0.25) is 0 Å². The van der Waals surface area contributed by atoms with Crippen molar-refractivity contribution in [1.82, 2.24) is 34.8 Å². The third-order valence-electron chi connectivity index (χ3n) is 13.6. The predicted octanol–water partition coefficient (Wildman–Crippen LogP) is 2.55. The van der Waals surface area contributed by atoms with Crippen LogP contribution in [-0.2, 0) is 34.1 Å². The maximum atomic E-state index is 14.9. The number of carbonyl (C=O) groups is 5. The largest absolute Gasteiger partial charge is 0.379 e. The molecule has 2 heterocycles. The molecule has 4 N–H and O–H groups in total. The zero-order valence-electron chi connectivity index (χ0n) is 34.8. The van der Waals surface area contributed by atoms with Gasteiger partial charge in [0.05, 0.1) is 19.3 Å². The summed E-state index contributed by atoms with van der Waals surface area (Å²) in [7, 11) is -2.32. The number of likely N-dealkylation sites (tertiary alicyclic amines) is 1. The number of nitrogens with zero attached hydrogens (tertiary/aromatic N) is 3. The van der Waals surface area contributed by atoms with Crippen LogP contribution in [0.4, 0.5) is 4.79 Å². The van der Waals surface area contributed by atoms with Crippen molar-refractivity contribution >= 4 is 39.7 Å². The summed E-state index contributed by atoms with van der Waals surface area (Å²) >= 11 is 0. The Morgan fingerprint density at radius 2 is 1.53 bits per heavy atom. The van der Waals surface area contributed by atoms with Gasteiger partial charge in [-0.2, -0.15) is 17.0 Å². The van der Waals surface area contributed by atoms with E-state index >= 15 is 0 Å². The first kappa shape index (κ1) is 43.3. The Balaban J connectivity index is 1.36. The molecule has 3 saturated carbocycles. The van der Waals surface area contributed by atoms with Crippen LogP contribution in [0.25, 0.3) is 0 Å². The molecule has 5 atom stereocenters. The lowest BCUT2D eigenvalue weighted by Gasteiger charge is -2.38. The number of morpholine rings is 1. The van der Waals surface area contributed by atoms with Gasteiger partial charge in [0.15, 0.2) is 0 Å². The SMILES string of the molecule is CCCC(NC(=O)[C@@H]1C[C@@]2(CN1C(=O)[C@@H](NC(=O)N[C@H](CN(C)S(=O)(=O)N1CCOCC1)C(C)(C)C)C(C)(C)C)C(C)(C)C21CCC1)C(=O)C(=O)NC1CC1. The lowest BCUT2D eigenvalue weighted by atomic mass is 9.73. The van der Waals surface area contributed by atoms with Crippen molar-refractivity contribution in [3.63, 3.8) is 0 Å². The number of rotatable bonds is 14. The maximum absolute atomic E-state index is 14.9. The number of fused-ring (bicyclic) bond motifs is 1. The molecule has 3 aliphatic carbocycles. The van der Waals surface area contributed by atoms with Gasteiger partial charge in [-0.05, 0) is 60.2 Å². The molecule has 0 aromatic carbocycles. The zero-order valence-corrected chi connectivity index (χ0v) is 35.6. The molecule has 312 valence electrons. The van der Waals surface area contributed by atoms with Gasteiger partial charge in [0.2, 0.25) is 17.6 Å². The number of ether oxygens (including phenoxy) is 1.